The number of nitrogens with one attached hydrogen (secondary N) is 2. The van der Waals surface area contributed by atoms with Crippen LogP contribution in [0.1, 0.15) is 24.2 Å². The van der Waals surface area contributed by atoms with Crippen molar-refractivity contribution in [2.75, 3.05) is 13.2 Å². The van der Waals surface area contributed by atoms with Crippen LogP contribution in [-0.2, 0) is 4.79 Å². The highest BCUT2D eigenvalue weighted by atomic mass is 35.5. The number of rotatable bonds is 6. The quantitative estimate of drug-likeness (QED) is 0.723. The zero-order valence-electron chi connectivity index (χ0n) is 16.1. The Labute approximate surface area is 179 Å². The van der Waals surface area contributed by atoms with Gasteiger partial charge < -0.3 is 20.1 Å². The van der Waals surface area contributed by atoms with Crippen LogP contribution in [0, 0.1) is 5.92 Å². The van der Waals surface area contributed by atoms with Crippen molar-refractivity contribution in [3.05, 3.63) is 58.1 Å². The van der Waals surface area contributed by atoms with Crippen LogP contribution in [0.4, 0.5) is 0 Å². The van der Waals surface area contributed by atoms with Crippen molar-refractivity contribution >= 4 is 35.0 Å². The Morgan fingerprint density at radius 3 is 2.55 bits per heavy atom. The van der Waals surface area contributed by atoms with Crippen LogP contribution < -0.4 is 20.1 Å². The second-order valence-corrected chi connectivity index (χ2v) is 7.91. The number of hydrogen-bond acceptors (Lipinski definition) is 4. The van der Waals surface area contributed by atoms with Crippen molar-refractivity contribution < 1.29 is 19.1 Å². The molecule has 2 aromatic rings. The van der Waals surface area contributed by atoms with E-state index in [0.717, 1.165) is 0 Å². The molecule has 8 heteroatoms. The molecule has 1 aliphatic rings. The molecule has 0 aromatic heterocycles. The van der Waals surface area contributed by atoms with Crippen LogP contribution in [0.15, 0.2) is 42.5 Å². The number of hydrogen-bond donors (Lipinski definition) is 2. The third kappa shape index (κ3) is 5.34. The van der Waals surface area contributed by atoms with E-state index in [-0.39, 0.29) is 35.1 Å². The van der Waals surface area contributed by atoms with E-state index >= 15 is 0 Å². The molecule has 0 spiro atoms. The minimum Gasteiger partial charge on any atom is -0.486 e. The normalized spacial score (nSPS) is 16.2. The van der Waals surface area contributed by atoms with E-state index in [4.69, 9.17) is 32.7 Å². The average Bonchev–Trinajstić information content (AvgIpc) is 2.69. The molecule has 2 atom stereocenters. The number of amides is 2. The molecule has 0 saturated carbocycles. The van der Waals surface area contributed by atoms with Crippen molar-refractivity contribution in [2.24, 2.45) is 5.92 Å². The van der Waals surface area contributed by atoms with E-state index in [1.807, 2.05) is 38.1 Å². The first-order valence-corrected chi connectivity index (χ1v) is 10.0. The zero-order valence-corrected chi connectivity index (χ0v) is 17.6. The largest absolute Gasteiger partial charge is 0.486 e. The summed E-state index contributed by atoms with van der Waals surface area (Å²) in [7, 11) is 0. The molecule has 2 N–H and O–H groups in total. The minimum atomic E-state index is -0.731. The summed E-state index contributed by atoms with van der Waals surface area (Å²) in [6.45, 7) is 4.29. The Bertz CT molecular complexity index is 904. The Morgan fingerprint density at radius 2 is 1.86 bits per heavy atom. The molecule has 6 nitrogen and oxygen atoms in total. The van der Waals surface area contributed by atoms with Gasteiger partial charge in [-0.05, 0) is 36.2 Å². The lowest BCUT2D eigenvalue weighted by molar-refractivity contribution is -0.124. The summed E-state index contributed by atoms with van der Waals surface area (Å²) in [5.74, 6) is 0.452. The van der Waals surface area contributed by atoms with E-state index in [1.165, 1.54) is 12.1 Å². The molecule has 154 valence electrons. The van der Waals surface area contributed by atoms with Gasteiger partial charge in [-0.1, -0.05) is 49.2 Å². The molecule has 0 fully saturated rings. The smallest absolute Gasteiger partial charge is 0.253 e. The molecule has 2 amide bonds. The number of fused-ring (bicyclic) bond motifs is 1. The molecule has 1 heterocycles. The molecule has 0 aliphatic carbocycles. The lowest BCUT2D eigenvalue weighted by Crippen LogP contribution is -2.52. The summed E-state index contributed by atoms with van der Waals surface area (Å²) in [6.07, 6.45) is -0.317. The highest BCUT2D eigenvalue weighted by molar-refractivity contribution is 6.36. The highest BCUT2D eigenvalue weighted by Gasteiger charge is 2.27. The second kappa shape index (κ2) is 9.37. The van der Waals surface area contributed by atoms with Crippen LogP contribution in [-0.4, -0.2) is 37.1 Å². The number of ether oxygens (including phenoxy) is 2. The van der Waals surface area contributed by atoms with Gasteiger partial charge in [-0.2, -0.15) is 0 Å². The first-order chi connectivity index (χ1) is 13.8. The minimum absolute atomic E-state index is 0.130. The van der Waals surface area contributed by atoms with E-state index in [1.54, 1.807) is 6.07 Å². The molecule has 0 radical (unpaired) electrons. The van der Waals surface area contributed by atoms with Gasteiger partial charge in [0.1, 0.15) is 18.8 Å². The van der Waals surface area contributed by atoms with E-state index in [9.17, 15) is 9.59 Å². The van der Waals surface area contributed by atoms with Gasteiger partial charge >= 0.3 is 0 Å². The molecule has 2 aromatic carbocycles. The molecule has 3 rings (SSSR count). The number of carbonyl (C=O) groups excluding carboxylic acids is 2. The van der Waals surface area contributed by atoms with Gasteiger partial charge in [0.2, 0.25) is 5.91 Å². The van der Waals surface area contributed by atoms with E-state index in [2.05, 4.69) is 10.6 Å². The topological polar surface area (TPSA) is 76.7 Å². The Hall–Kier alpha value is -2.44. The molecule has 0 saturated heterocycles. The summed E-state index contributed by atoms with van der Waals surface area (Å²) in [6, 6.07) is 11.2. The average molecular weight is 437 g/mol. The summed E-state index contributed by atoms with van der Waals surface area (Å²) in [5, 5.41) is 6.24. The van der Waals surface area contributed by atoms with Crippen LogP contribution >= 0.6 is 23.2 Å². The number of carbonyl (C=O) groups is 2. The molecule has 0 unspecified atom stereocenters. The predicted molar refractivity (Wildman–Crippen MR) is 112 cm³/mol. The number of benzene rings is 2. The van der Waals surface area contributed by atoms with Crippen LogP contribution in [0.2, 0.25) is 10.0 Å². The molecule has 0 bridgehead atoms. The van der Waals surface area contributed by atoms with Crippen molar-refractivity contribution in [2.45, 2.75) is 26.0 Å². The van der Waals surface area contributed by atoms with Gasteiger partial charge in [0, 0.05) is 5.02 Å². The Balaban J connectivity index is 1.59. The lowest BCUT2D eigenvalue weighted by atomic mass is 10.0. The van der Waals surface area contributed by atoms with Gasteiger partial charge in [-0.3, -0.25) is 9.59 Å². The van der Waals surface area contributed by atoms with Crippen molar-refractivity contribution in [3.8, 4) is 11.5 Å². The highest BCUT2D eigenvalue weighted by Crippen LogP contribution is 2.30. The fourth-order valence-corrected chi connectivity index (χ4v) is 3.41. The van der Waals surface area contributed by atoms with Crippen LogP contribution in [0.5, 0.6) is 11.5 Å². The predicted octanol–water partition coefficient (Wildman–Crippen LogP) is 3.70. The fourth-order valence-electron chi connectivity index (χ4n) is 2.92. The third-order valence-electron chi connectivity index (χ3n) is 4.48. The standard InChI is InChI=1S/C21H22Cl2N2O4/c1-12(2)19(25-20(26)15-8-7-13(22)9-16(15)23)21(27)24-10-14-11-28-17-5-3-4-6-18(17)29-14/h3-9,12,14,19H,10-11H2,1-2H3,(H,24,27)(H,25,26)/t14-,19+/m1/s1. The van der Waals surface area contributed by atoms with Gasteiger partial charge in [0.25, 0.3) is 5.91 Å². The van der Waals surface area contributed by atoms with Crippen LogP contribution in [0.3, 0.4) is 0 Å². The van der Waals surface area contributed by atoms with Crippen molar-refractivity contribution in [1.82, 2.24) is 10.6 Å². The summed E-state index contributed by atoms with van der Waals surface area (Å²) in [5.41, 5.74) is 0.259. The third-order valence-corrected chi connectivity index (χ3v) is 5.03. The molecular weight excluding hydrogens is 415 g/mol. The molecule has 29 heavy (non-hydrogen) atoms. The summed E-state index contributed by atoms with van der Waals surface area (Å²) < 4.78 is 11.5. The summed E-state index contributed by atoms with van der Waals surface area (Å²) >= 11 is 12.0. The van der Waals surface area contributed by atoms with Gasteiger partial charge in [0.15, 0.2) is 11.5 Å². The van der Waals surface area contributed by atoms with Crippen molar-refractivity contribution in [1.29, 1.82) is 0 Å². The maximum atomic E-state index is 12.7. The zero-order chi connectivity index (χ0) is 21.0. The van der Waals surface area contributed by atoms with Crippen LogP contribution in [0.25, 0.3) is 0 Å². The fraction of sp³-hybridized carbons (Fsp3) is 0.333. The molecule has 1 aliphatic heterocycles. The monoisotopic (exact) mass is 436 g/mol. The Morgan fingerprint density at radius 1 is 1.14 bits per heavy atom. The Kier molecular flexibility index (Phi) is 6.87. The van der Waals surface area contributed by atoms with Gasteiger partial charge in [0.05, 0.1) is 17.1 Å². The lowest BCUT2D eigenvalue weighted by Gasteiger charge is -2.28. The number of para-hydroxylation sites is 2. The maximum Gasteiger partial charge on any atom is 0.253 e. The maximum absolute atomic E-state index is 12.7. The summed E-state index contributed by atoms with van der Waals surface area (Å²) in [4.78, 5) is 25.3. The second-order valence-electron chi connectivity index (χ2n) is 7.06. The first kappa shape index (κ1) is 21.3. The van der Waals surface area contributed by atoms with Crippen molar-refractivity contribution in [3.63, 3.8) is 0 Å². The van der Waals surface area contributed by atoms with E-state index in [0.29, 0.717) is 23.1 Å². The molecular formula is C21H22Cl2N2O4. The van der Waals surface area contributed by atoms with Gasteiger partial charge in [-0.25, -0.2) is 0 Å². The number of halogens is 2. The van der Waals surface area contributed by atoms with Gasteiger partial charge in [-0.15, -0.1) is 0 Å². The van der Waals surface area contributed by atoms with E-state index < -0.39 is 11.9 Å². The SMILES string of the molecule is CC(C)[C@H](NC(=O)c1ccc(Cl)cc1Cl)C(=O)NC[C@@H]1COc2ccccc2O1. The first-order valence-electron chi connectivity index (χ1n) is 9.27.